The van der Waals surface area contributed by atoms with Gasteiger partial charge in [0.2, 0.25) is 0 Å². The molecule has 0 amide bonds. The van der Waals surface area contributed by atoms with Crippen molar-refractivity contribution in [3.63, 3.8) is 0 Å². The summed E-state index contributed by atoms with van der Waals surface area (Å²) in [5, 5.41) is 5.82. The third kappa shape index (κ3) is 3.68. The fourth-order valence-corrected chi connectivity index (χ4v) is 11.4. The number of hydrogen-bond acceptors (Lipinski definition) is 5. The summed E-state index contributed by atoms with van der Waals surface area (Å²) >= 11 is 0. The molecule has 8 rings (SSSR count). The molecule has 0 aromatic heterocycles. The molecule has 10 atom stereocenters. The van der Waals surface area contributed by atoms with Gasteiger partial charge in [0.25, 0.3) is 0 Å². The van der Waals surface area contributed by atoms with E-state index < -0.39 is 0 Å². The quantitative estimate of drug-likeness (QED) is 0.497. The minimum atomic E-state index is 0.286. The normalized spacial score (nSPS) is 47.9. The van der Waals surface area contributed by atoms with Crippen molar-refractivity contribution in [2.24, 2.45) is 22.7 Å². The lowest BCUT2D eigenvalue weighted by Gasteiger charge is -2.68. The van der Waals surface area contributed by atoms with Crippen molar-refractivity contribution in [3.05, 3.63) is 35.9 Å². The lowest BCUT2D eigenvalue weighted by Crippen LogP contribution is -2.82. The van der Waals surface area contributed by atoms with Crippen LogP contribution < -0.4 is 10.9 Å². The van der Waals surface area contributed by atoms with Gasteiger partial charge in [0.15, 0.2) is 0 Å². The van der Waals surface area contributed by atoms with E-state index in [9.17, 15) is 0 Å². The molecule has 7 fully saturated rings. The first-order valence-electron chi connectivity index (χ1n) is 16.5. The predicted octanol–water partition coefficient (Wildman–Crippen LogP) is 5.54. The van der Waals surface area contributed by atoms with Gasteiger partial charge in [0, 0.05) is 54.4 Å². The van der Waals surface area contributed by atoms with E-state index in [1.807, 2.05) is 0 Å². The number of nitrogens with one attached hydrogen (secondary N) is 2. The Morgan fingerprint density at radius 1 is 0.615 bits per heavy atom. The molecule has 4 saturated heterocycles. The van der Waals surface area contributed by atoms with Crippen molar-refractivity contribution in [3.8, 4) is 0 Å². The number of piperazine rings is 2. The minimum absolute atomic E-state index is 0.286. The van der Waals surface area contributed by atoms with Crippen molar-refractivity contribution >= 4 is 0 Å². The molecule has 3 saturated carbocycles. The lowest BCUT2D eigenvalue weighted by atomic mass is 9.63. The second-order valence-corrected chi connectivity index (χ2v) is 16.7. The summed E-state index contributed by atoms with van der Waals surface area (Å²) in [4.78, 5) is 3.25. The van der Waals surface area contributed by atoms with Gasteiger partial charge in [-0.1, -0.05) is 84.7 Å². The molecule has 2 N–H and O–H groups in total. The average molecular weight is 532 g/mol. The first-order valence-corrected chi connectivity index (χ1v) is 16.5. The van der Waals surface area contributed by atoms with Crippen molar-refractivity contribution in [1.82, 2.24) is 25.8 Å². The molecule has 1 aromatic carbocycles. The van der Waals surface area contributed by atoms with Crippen LogP contribution in [0.1, 0.15) is 104 Å². The Morgan fingerprint density at radius 3 is 1.56 bits per heavy atom. The standard InChI is InChI=1S/C34H53N5/c1-33(2,3)31-22-14-10-16-24-28(22)38(35-31)26-18-21(20-12-8-7-9-13-20)19-27-30(26)37(24)25-17-11-15-23-29(25)39(27)36-32(23)34(4,5)6/h7-9,12-13,21-32,35-36H,10-11,14-19H2,1-6H3. The van der Waals surface area contributed by atoms with Crippen LogP contribution in [-0.2, 0) is 0 Å². The molecular formula is C34H53N5. The van der Waals surface area contributed by atoms with Gasteiger partial charge in [-0.15, -0.1) is 0 Å². The highest BCUT2D eigenvalue weighted by Gasteiger charge is 2.68. The van der Waals surface area contributed by atoms with Gasteiger partial charge in [-0.05, 0) is 72.7 Å². The van der Waals surface area contributed by atoms with Crippen molar-refractivity contribution in [2.75, 3.05) is 0 Å². The second kappa shape index (κ2) is 8.77. The third-order valence-electron chi connectivity index (χ3n) is 12.6. The maximum absolute atomic E-state index is 4.28. The van der Waals surface area contributed by atoms with E-state index in [1.165, 1.54) is 51.4 Å². The minimum Gasteiger partial charge on any atom is -0.288 e. The molecule has 1 aromatic rings. The van der Waals surface area contributed by atoms with E-state index in [4.69, 9.17) is 0 Å². The van der Waals surface area contributed by atoms with Gasteiger partial charge < -0.3 is 0 Å². The second-order valence-electron chi connectivity index (χ2n) is 16.7. The van der Waals surface area contributed by atoms with Gasteiger partial charge >= 0.3 is 0 Å². The van der Waals surface area contributed by atoms with Crippen LogP contribution in [0.15, 0.2) is 30.3 Å². The first kappa shape index (κ1) is 25.7. The molecule has 10 unspecified atom stereocenters. The largest absolute Gasteiger partial charge is 0.288 e. The van der Waals surface area contributed by atoms with Crippen LogP contribution in [0.2, 0.25) is 0 Å². The zero-order valence-electron chi connectivity index (χ0n) is 25.3. The van der Waals surface area contributed by atoms with Crippen LogP contribution in [0.4, 0.5) is 0 Å². The topological polar surface area (TPSA) is 33.8 Å². The maximum Gasteiger partial charge on any atom is 0.0447 e. The van der Waals surface area contributed by atoms with Crippen molar-refractivity contribution < 1.29 is 0 Å². The molecule has 0 bridgehead atoms. The van der Waals surface area contributed by atoms with Crippen LogP contribution in [0.25, 0.3) is 0 Å². The monoisotopic (exact) mass is 531 g/mol. The zero-order chi connectivity index (χ0) is 26.8. The third-order valence-corrected chi connectivity index (χ3v) is 12.6. The van der Waals surface area contributed by atoms with Crippen LogP contribution in [0, 0.1) is 22.7 Å². The Kier molecular flexibility index (Phi) is 5.78. The number of fused-ring (bicyclic) bond motifs is 4. The molecule has 4 aliphatic heterocycles. The van der Waals surface area contributed by atoms with Gasteiger partial charge in [-0.25, -0.2) is 10.0 Å². The predicted molar refractivity (Wildman–Crippen MR) is 158 cm³/mol. The van der Waals surface area contributed by atoms with Crippen LogP contribution in [-0.4, -0.2) is 69.3 Å². The Bertz CT molecular complexity index is 1010. The van der Waals surface area contributed by atoms with Crippen LogP contribution >= 0.6 is 0 Å². The highest BCUT2D eigenvalue weighted by Crippen LogP contribution is 2.57. The Hall–Kier alpha value is -0.980. The fourth-order valence-electron chi connectivity index (χ4n) is 11.4. The molecule has 39 heavy (non-hydrogen) atoms. The molecule has 7 aliphatic rings. The van der Waals surface area contributed by atoms with Crippen molar-refractivity contribution in [1.29, 1.82) is 0 Å². The highest BCUT2D eigenvalue weighted by molar-refractivity contribution is 5.27. The smallest absolute Gasteiger partial charge is 0.0447 e. The summed E-state index contributed by atoms with van der Waals surface area (Å²) in [6, 6.07) is 17.3. The van der Waals surface area contributed by atoms with Gasteiger partial charge in [0.05, 0.1) is 0 Å². The molecular weight excluding hydrogens is 478 g/mol. The summed E-state index contributed by atoms with van der Waals surface area (Å²) in [7, 11) is 0. The summed E-state index contributed by atoms with van der Waals surface area (Å²) in [6.45, 7) is 14.9. The summed E-state index contributed by atoms with van der Waals surface area (Å²) < 4.78 is 0. The van der Waals surface area contributed by atoms with Crippen LogP contribution in [0.5, 0.6) is 0 Å². The number of hydrazine groups is 2. The van der Waals surface area contributed by atoms with E-state index in [0.29, 0.717) is 48.2 Å². The Balaban J connectivity index is 1.26. The molecule has 0 radical (unpaired) electrons. The number of benzene rings is 1. The van der Waals surface area contributed by atoms with Gasteiger partial charge in [0.1, 0.15) is 0 Å². The molecule has 5 nitrogen and oxygen atoms in total. The summed E-state index contributed by atoms with van der Waals surface area (Å²) in [5.41, 5.74) is 10.7. The van der Waals surface area contributed by atoms with E-state index in [1.54, 1.807) is 5.56 Å². The van der Waals surface area contributed by atoms with Crippen molar-refractivity contribution in [2.45, 2.75) is 153 Å². The Morgan fingerprint density at radius 2 is 1.10 bits per heavy atom. The lowest BCUT2D eigenvalue weighted by molar-refractivity contribution is -0.198. The molecule has 4 heterocycles. The molecule has 214 valence electrons. The summed E-state index contributed by atoms with van der Waals surface area (Å²) in [6.07, 6.45) is 11.0. The van der Waals surface area contributed by atoms with Crippen LogP contribution in [0.3, 0.4) is 0 Å². The fraction of sp³-hybridized carbons (Fsp3) is 0.824. The SMILES string of the molecule is CC(C)(C)C1NN2C3CC(c4ccccc4)CC4C3N(C3CCCC1C32)C1CCCC2C1N4NC2C(C)(C)C. The zero-order valence-corrected chi connectivity index (χ0v) is 25.3. The first-order chi connectivity index (χ1) is 18.6. The van der Waals surface area contributed by atoms with E-state index in [2.05, 4.69) is 97.6 Å². The van der Waals surface area contributed by atoms with E-state index in [-0.39, 0.29) is 10.8 Å². The van der Waals surface area contributed by atoms with Gasteiger partial charge in [-0.3, -0.25) is 15.8 Å². The maximum atomic E-state index is 4.28. The number of rotatable bonds is 1. The Labute approximate surface area is 237 Å². The number of hydrogen-bond donors (Lipinski definition) is 2. The molecule has 5 heteroatoms. The van der Waals surface area contributed by atoms with E-state index >= 15 is 0 Å². The summed E-state index contributed by atoms with van der Waals surface area (Å²) in [5.74, 6) is 2.19. The molecule has 0 spiro atoms. The average Bonchev–Trinajstić information content (AvgIpc) is 3.50. The van der Waals surface area contributed by atoms with Gasteiger partial charge in [-0.2, -0.15) is 0 Å². The number of nitrogens with zero attached hydrogens (tertiary/aromatic N) is 3. The molecule has 3 aliphatic carbocycles. The highest BCUT2D eigenvalue weighted by atomic mass is 15.7. The van der Waals surface area contributed by atoms with E-state index in [0.717, 1.165) is 23.9 Å².